The van der Waals surface area contributed by atoms with Gasteiger partial charge in [-0.1, -0.05) is 20.3 Å². The van der Waals surface area contributed by atoms with E-state index in [1.807, 2.05) is 0 Å². The lowest BCUT2D eigenvalue weighted by molar-refractivity contribution is 0.204. The Morgan fingerprint density at radius 2 is 2.00 bits per heavy atom. The molecule has 19 heavy (non-hydrogen) atoms. The second kappa shape index (κ2) is 9.73. The van der Waals surface area contributed by atoms with E-state index in [9.17, 15) is 0 Å². The number of nitrogens with one attached hydrogen (secondary N) is 1. The van der Waals surface area contributed by atoms with E-state index in [2.05, 4.69) is 43.1 Å². The summed E-state index contributed by atoms with van der Waals surface area (Å²) >= 11 is 0. The molecule has 0 aliphatic carbocycles. The fourth-order valence-corrected chi connectivity index (χ4v) is 2.95. The summed E-state index contributed by atoms with van der Waals surface area (Å²) in [6, 6.07) is 0.814. The van der Waals surface area contributed by atoms with Crippen molar-refractivity contribution in [2.24, 2.45) is 5.92 Å². The summed E-state index contributed by atoms with van der Waals surface area (Å²) < 4.78 is 0. The summed E-state index contributed by atoms with van der Waals surface area (Å²) in [7, 11) is 4.38. The molecular weight excluding hydrogens is 234 g/mol. The van der Waals surface area contributed by atoms with Gasteiger partial charge in [-0.2, -0.15) is 0 Å². The van der Waals surface area contributed by atoms with Crippen LogP contribution in [-0.2, 0) is 0 Å². The molecule has 1 aliphatic heterocycles. The van der Waals surface area contributed by atoms with E-state index in [0.717, 1.165) is 18.5 Å². The second-order valence-corrected chi connectivity index (χ2v) is 6.75. The van der Waals surface area contributed by atoms with E-state index in [1.165, 1.54) is 58.3 Å². The normalized spacial score (nSPS) is 20.8. The molecule has 1 unspecified atom stereocenters. The molecule has 1 heterocycles. The maximum atomic E-state index is 3.53. The SMILES string of the molecule is CC(C)CNCCCCCN1CCCC1CN(C)C. The highest BCUT2D eigenvalue weighted by Crippen LogP contribution is 2.18. The molecule has 0 bridgehead atoms. The lowest BCUT2D eigenvalue weighted by Gasteiger charge is -2.26. The van der Waals surface area contributed by atoms with Crippen molar-refractivity contribution >= 4 is 0 Å². The number of unbranched alkanes of at least 4 members (excludes halogenated alkanes) is 2. The van der Waals surface area contributed by atoms with Crippen LogP contribution in [0.15, 0.2) is 0 Å². The Hall–Kier alpha value is -0.120. The van der Waals surface area contributed by atoms with Gasteiger partial charge in [-0.25, -0.2) is 0 Å². The van der Waals surface area contributed by atoms with Crippen LogP contribution in [0.2, 0.25) is 0 Å². The molecule has 0 aromatic rings. The predicted molar refractivity (Wildman–Crippen MR) is 84.7 cm³/mol. The molecule has 1 atom stereocenters. The van der Waals surface area contributed by atoms with Crippen LogP contribution < -0.4 is 5.32 Å². The zero-order valence-electron chi connectivity index (χ0n) is 13.6. The van der Waals surface area contributed by atoms with Crippen LogP contribution in [0.1, 0.15) is 46.0 Å². The van der Waals surface area contributed by atoms with Crippen molar-refractivity contribution < 1.29 is 0 Å². The molecule has 0 spiro atoms. The predicted octanol–water partition coefficient (Wildman–Crippen LogP) is 2.43. The van der Waals surface area contributed by atoms with Crippen LogP contribution >= 0.6 is 0 Å². The molecule has 1 N–H and O–H groups in total. The molecule has 1 saturated heterocycles. The van der Waals surface area contributed by atoms with Crippen LogP contribution in [0.4, 0.5) is 0 Å². The molecule has 114 valence electrons. The van der Waals surface area contributed by atoms with Crippen molar-refractivity contribution in [2.75, 3.05) is 46.8 Å². The van der Waals surface area contributed by atoms with Crippen molar-refractivity contribution in [3.8, 4) is 0 Å². The fraction of sp³-hybridized carbons (Fsp3) is 1.00. The van der Waals surface area contributed by atoms with Crippen LogP contribution in [0.5, 0.6) is 0 Å². The van der Waals surface area contributed by atoms with Gasteiger partial charge in [0, 0.05) is 12.6 Å². The van der Waals surface area contributed by atoms with Gasteiger partial charge < -0.3 is 10.2 Å². The zero-order valence-corrected chi connectivity index (χ0v) is 13.6. The van der Waals surface area contributed by atoms with Crippen molar-refractivity contribution in [2.45, 2.75) is 52.0 Å². The minimum atomic E-state index is 0.774. The van der Waals surface area contributed by atoms with Crippen molar-refractivity contribution in [3.63, 3.8) is 0 Å². The maximum absolute atomic E-state index is 3.53. The van der Waals surface area contributed by atoms with Gasteiger partial charge in [-0.15, -0.1) is 0 Å². The number of hydrogen-bond donors (Lipinski definition) is 1. The minimum absolute atomic E-state index is 0.774. The van der Waals surface area contributed by atoms with Gasteiger partial charge in [-0.3, -0.25) is 4.90 Å². The highest BCUT2D eigenvalue weighted by molar-refractivity contribution is 4.80. The van der Waals surface area contributed by atoms with Crippen molar-refractivity contribution in [1.82, 2.24) is 15.1 Å². The summed E-state index contributed by atoms with van der Waals surface area (Å²) in [5, 5.41) is 3.53. The van der Waals surface area contributed by atoms with Gasteiger partial charge in [-0.05, 0) is 71.9 Å². The Bertz CT molecular complexity index is 216. The summed E-state index contributed by atoms with van der Waals surface area (Å²) in [6.07, 6.45) is 6.87. The number of rotatable bonds is 10. The Balaban J connectivity index is 1.99. The molecule has 0 aromatic heterocycles. The first-order valence-electron chi connectivity index (χ1n) is 8.19. The molecular formula is C16H35N3. The largest absolute Gasteiger partial charge is 0.316 e. The highest BCUT2D eigenvalue weighted by Gasteiger charge is 2.23. The number of hydrogen-bond acceptors (Lipinski definition) is 3. The Labute approximate surface area is 120 Å². The number of likely N-dealkylation sites (tertiary alicyclic amines) is 1. The van der Waals surface area contributed by atoms with Gasteiger partial charge in [0.15, 0.2) is 0 Å². The quantitative estimate of drug-likeness (QED) is 0.615. The van der Waals surface area contributed by atoms with Crippen molar-refractivity contribution in [3.05, 3.63) is 0 Å². The molecule has 1 rings (SSSR count). The third-order valence-electron chi connectivity index (χ3n) is 3.93. The zero-order chi connectivity index (χ0) is 14.1. The Morgan fingerprint density at radius 1 is 1.21 bits per heavy atom. The average molecular weight is 269 g/mol. The molecule has 3 nitrogen and oxygen atoms in total. The highest BCUT2D eigenvalue weighted by atomic mass is 15.2. The smallest absolute Gasteiger partial charge is 0.0223 e. The lowest BCUT2D eigenvalue weighted by atomic mass is 10.2. The van der Waals surface area contributed by atoms with E-state index in [1.54, 1.807) is 0 Å². The molecule has 1 aliphatic rings. The van der Waals surface area contributed by atoms with Crippen LogP contribution in [0.3, 0.4) is 0 Å². The summed E-state index contributed by atoms with van der Waals surface area (Å²) in [4.78, 5) is 5.04. The van der Waals surface area contributed by atoms with Gasteiger partial charge in [0.25, 0.3) is 0 Å². The van der Waals surface area contributed by atoms with E-state index in [0.29, 0.717) is 0 Å². The number of likely N-dealkylation sites (N-methyl/N-ethyl adjacent to an activating group) is 1. The summed E-state index contributed by atoms with van der Waals surface area (Å²) in [5.74, 6) is 0.774. The summed E-state index contributed by atoms with van der Waals surface area (Å²) in [6.45, 7) is 10.8. The third kappa shape index (κ3) is 7.91. The second-order valence-electron chi connectivity index (χ2n) is 6.75. The molecule has 3 heteroatoms. The molecule has 0 saturated carbocycles. The van der Waals surface area contributed by atoms with Crippen LogP contribution in [0.25, 0.3) is 0 Å². The first kappa shape index (κ1) is 16.9. The van der Waals surface area contributed by atoms with Crippen LogP contribution in [0, 0.1) is 5.92 Å². The maximum Gasteiger partial charge on any atom is 0.0223 e. The third-order valence-corrected chi connectivity index (χ3v) is 3.93. The van der Waals surface area contributed by atoms with E-state index < -0.39 is 0 Å². The molecule has 0 aromatic carbocycles. The lowest BCUT2D eigenvalue weighted by Crippen LogP contribution is -2.38. The topological polar surface area (TPSA) is 18.5 Å². The standard InChI is InChI=1S/C16H35N3/c1-15(2)13-17-10-6-5-7-11-19-12-8-9-16(19)14-18(3)4/h15-17H,5-14H2,1-4H3. The fourth-order valence-electron chi connectivity index (χ4n) is 2.95. The molecule has 1 fully saturated rings. The average Bonchev–Trinajstić information content (AvgIpc) is 2.74. The Morgan fingerprint density at radius 3 is 2.68 bits per heavy atom. The monoisotopic (exact) mass is 269 g/mol. The van der Waals surface area contributed by atoms with Crippen molar-refractivity contribution in [1.29, 1.82) is 0 Å². The minimum Gasteiger partial charge on any atom is -0.316 e. The molecule has 0 radical (unpaired) electrons. The van der Waals surface area contributed by atoms with Gasteiger partial charge >= 0.3 is 0 Å². The number of nitrogens with zero attached hydrogens (tertiary/aromatic N) is 2. The van der Waals surface area contributed by atoms with Gasteiger partial charge in [0.2, 0.25) is 0 Å². The van der Waals surface area contributed by atoms with E-state index >= 15 is 0 Å². The molecule has 0 amide bonds. The summed E-state index contributed by atoms with van der Waals surface area (Å²) in [5.41, 5.74) is 0. The van der Waals surface area contributed by atoms with E-state index in [-0.39, 0.29) is 0 Å². The van der Waals surface area contributed by atoms with E-state index in [4.69, 9.17) is 0 Å². The van der Waals surface area contributed by atoms with Crippen LogP contribution in [-0.4, -0.2) is 62.7 Å². The Kier molecular flexibility index (Phi) is 8.67. The van der Waals surface area contributed by atoms with Gasteiger partial charge in [0.05, 0.1) is 0 Å². The van der Waals surface area contributed by atoms with Gasteiger partial charge in [0.1, 0.15) is 0 Å². The first-order valence-corrected chi connectivity index (χ1v) is 8.19. The first-order chi connectivity index (χ1) is 9.09.